The predicted octanol–water partition coefficient (Wildman–Crippen LogP) is 2.31. The fraction of sp³-hybridized carbons (Fsp3) is 0.815. The molecule has 3 amide bonds. The molecule has 12 nitrogen and oxygen atoms in total. The number of likely N-dealkylation sites (tertiary alicyclic amines) is 1. The van der Waals surface area contributed by atoms with Crippen molar-refractivity contribution in [3.63, 3.8) is 0 Å². The molecule has 1 saturated carbocycles. The van der Waals surface area contributed by atoms with Crippen LogP contribution in [0.4, 0.5) is 9.59 Å². The largest absolute Gasteiger partial charge is 0.450 e. The van der Waals surface area contributed by atoms with E-state index in [9.17, 15) is 19.6 Å². The first-order valence-corrected chi connectivity index (χ1v) is 14.4. The lowest BCUT2D eigenvalue weighted by Gasteiger charge is -2.38. The van der Waals surface area contributed by atoms with Crippen LogP contribution in [0.3, 0.4) is 0 Å². The van der Waals surface area contributed by atoms with E-state index in [2.05, 4.69) is 21.6 Å². The molecule has 3 fully saturated rings. The van der Waals surface area contributed by atoms with E-state index in [4.69, 9.17) is 14.5 Å². The number of rotatable bonds is 7. The van der Waals surface area contributed by atoms with E-state index in [0.29, 0.717) is 58.0 Å². The Balaban J connectivity index is 1.83. The molecular formula is C27H45N7O5. The molecule has 0 aromatic rings. The zero-order valence-corrected chi connectivity index (χ0v) is 23.7. The number of aliphatic imine (C=N–C) groups is 1. The molecule has 12 heteroatoms. The maximum absolute atomic E-state index is 13.8. The van der Waals surface area contributed by atoms with Gasteiger partial charge in [0.25, 0.3) is 0 Å². The topological polar surface area (TPSA) is 140 Å². The molecule has 0 spiro atoms. The molecule has 0 bridgehead atoms. The molecule has 2 saturated heterocycles. The first-order chi connectivity index (χ1) is 18.8. The SMILES string of the molecule is CCOC(=O)N/C(=N\C(CC1CCCCC1)C(=O)NC1(C#N)CCN(C)CC1)N1CCN(C(=O)OCC)CC1. The Labute approximate surface area is 232 Å². The minimum absolute atomic E-state index is 0.195. The van der Waals surface area contributed by atoms with Crippen LogP contribution in [0.15, 0.2) is 4.99 Å². The van der Waals surface area contributed by atoms with Gasteiger partial charge in [0.1, 0.15) is 11.6 Å². The summed E-state index contributed by atoms with van der Waals surface area (Å²) in [5, 5.41) is 15.8. The third kappa shape index (κ3) is 8.98. The highest BCUT2D eigenvalue weighted by Gasteiger charge is 2.38. The van der Waals surface area contributed by atoms with Gasteiger partial charge in [-0.25, -0.2) is 14.6 Å². The van der Waals surface area contributed by atoms with Crippen LogP contribution in [0.5, 0.6) is 0 Å². The van der Waals surface area contributed by atoms with Crippen LogP contribution < -0.4 is 10.6 Å². The first kappa shape index (κ1) is 30.5. The van der Waals surface area contributed by atoms with Crippen LogP contribution in [0.2, 0.25) is 0 Å². The van der Waals surface area contributed by atoms with Crippen molar-refractivity contribution >= 4 is 24.1 Å². The zero-order valence-electron chi connectivity index (χ0n) is 23.7. The Hall–Kier alpha value is -3.07. The average molecular weight is 548 g/mol. The van der Waals surface area contributed by atoms with Crippen molar-refractivity contribution in [2.75, 3.05) is 59.5 Å². The Kier molecular flexibility index (Phi) is 11.7. The number of carbonyl (C=O) groups is 3. The Morgan fingerprint density at radius 2 is 1.59 bits per heavy atom. The molecule has 3 aliphatic rings. The maximum Gasteiger partial charge on any atom is 0.413 e. The third-order valence-electron chi connectivity index (χ3n) is 7.87. The number of piperidine rings is 1. The van der Waals surface area contributed by atoms with Gasteiger partial charge in [-0.15, -0.1) is 0 Å². The monoisotopic (exact) mass is 547 g/mol. The van der Waals surface area contributed by atoms with E-state index >= 15 is 0 Å². The normalized spacial score (nSPS) is 21.4. The van der Waals surface area contributed by atoms with Gasteiger partial charge in [-0.1, -0.05) is 32.1 Å². The summed E-state index contributed by atoms with van der Waals surface area (Å²) in [5.74, 6) is 0.306. The Morgan fingerprint density at radius 3 is 2.18 bits per heavy atom. The second-order valence-corrected chi connectivity index (χ2v) is 10.7. The van der Waals surface area contributed by atoms with Gasteiger partial charge in [-0.2, -0.15) is 5.26 Å². The van der Waals surface area contributed by atoms with Crippen molar-refractivity contribution in [2.45, 2.75) is 76.8 Å². The van der Waals surface area contributed by atoms with Crippen LogP contribution in [-0.4, -0.2) is 110 Å². The van der Waals surface area contributed by atoms with Crippen molar-refractivity contribution in [3.05, 3.63) is 0 Å². The van der Waals surface area contributed by atoms with Crippen molar-refractivity contribution in [1.29, 1.82) is 5.26 Å². The first-order valence-electron chi connectivity index (χ1n) is 14.4. The summed E-state index contributed by atoms with van der Waals surface area (Å²) in [6.07, 6.45) is 6.14. The van der Waals surface area contributed by atoms with Gasteiger partial charge in [-0.3, -0.25) is 10.1 Å². The van der Waals surface area contributed by atoms with Gasteiger partial charge < -0.3 is 29.5 Å². The summed E-state index contributed by atoms with van der Waals surface area (Å²) in [7, 11) is 2.01. The Morgan fingerprint density at radius 1 is 0.974 bits per heavy atom. The van der Waals surface area contributed by atoms with Crippen LogP contribution in [0.25, 0.3) is 0 Å². The van der Waals surface area contributed by atoms with E-state index in [1.54, 1.807) is 18.7 Å². The number of hydrogen-bond donors (Lipinski definition) is 2. The van der Waals surface area contributed by atoms with E-state index in [1.165, 1.54) is 6.42 Å². The second kappa shape index (κ2) is 14.9. The van der Waals surface area contributed by atoms with E-state index in [1.807, 2.05) is 11.9 Å². The molecule has 39 heavy (non-hydrogen) atoms. The lowest BCUT2D eigenvalue weighted by molar-refractivity contribution is -0.124. The number of ether oxygens (including phenoxy) is 2. The fourth-order valence-corrected chi connectivity index (χ4v) is 5.46. The lowest BCUT2D eigenvalue weighted by Crippen LogP contribution is -2.57. The summed E-state index contributed by atoms with van der Waals surface area (Å²) >= 11 is 0. The number of hydrogen-bond acceptors (Lipinski definition) is 8. The highest BCUT2D eigenvalue weighted by molar-refractivity contribution is 5.96. The number of carbonyl (C=O) groups excluding carboxylic acids is 3. The number of alkyl carbamates (subject to hydrolysis) is 1. The molecule has 1 unspecified atom stereocenters. The number of piperazine rings is 1. The quantitative estimate of drug-likeness (QED) is 0.366. The summed E-state index contributed by atoms with van der Waals surface area (Å²) < 4.78 is 10.2. The number of amides is 3. The van der Waals surface area contributed by atoms with Crippen LogP contribution in [0.1, 0.15) is 65.2 Å². The minimum Gasteiger partial charge on any atom is -0.450 e. The van der Waals surface area contributed by atoms with Crippen LogP contribution >= 0.6 is 0 Å². The number of guanidine groups is 1. The number of nitrogens with zero attached hydrogens (tertiary/aromatic N) is 5. The van der Waals surface area contributed by atoms with E-state index in [-0.39, 0.29) is 24.6 Å². The highest BCUT2D eigenvalue weighted by atomic mass is 16.6. The molecule has 2 N–H and O–H groups in total. The molecule has 0 aromatic heterocycles. The molecule has 218 valence electrons. The van der Waals surface area contributed by atoms with Gasteiger partial charge in [0.2, 0.25) is 11.9 Å². The molecule has 1 aliphatic carbocycles. The smallest absolute Gasteiger partial charge is 0.413 e. The van der Waals surface area contributed by atoms with Gasteiger partial charge in [0.05, 0.1) is 19.3 Å². The maximum atomic E-state index is 13.8. The summed E-state index contributed by atoms with van der Waals surface area (Å²) in [4.78, 5) is 48.9. The van der Waals surface area contributed by atoms with E-state index < -0.39 is 17.7 Å². The van der Waals surface area contributed by atoms with Crippen molar-refractivity contribution in [3.8, 4) is 6.07 Å². The number of nitrogens with one attached hydrogen (secondary N) is 2. The van der Waals surface area contributed by atoms with Crippen molar-refractivity contribution in [2.24, 2.45) is 10.9 Å². The molecule has 2 aliphatic heterocycles. The standard InChI is InChI=1S/C27H45N7O5/c1-4-38-25(36)30-24(33-15-17-34(18-16-33)26(37)39-5-2)29-22(19-21-9-7-6-8-10-21)23(35)31-27(20-28)11-13-32(3)14-12-27/h21-22H,4-19H2,1-3H3,(H,31,35)(H,29,30,36). The highest BCUT2D eigenvalue weighted by Crippen LogP contribution is 2.29. The molecule has 0 radical (unpaired) electrons. The fourth-order valence-electron chi connectivity index (χ4n) is 5.46. The van der Waals surface area contributed by atoms with Gasteiger partial charge in [-0.05, 0) is 46.1 Å². The molecule has 0 aromatic carbocycles. The van der Waals surface area contributed by atoms with Gasteiger partial charge in [0, 0.05) is 39.3 Å². The summed E-state index contributed by atoms with van der Waals surface area (Å²) in [6, 6.07) is 1.60. The van der Waals surface area contributed by atoms with Crippen molar-refractivity contribution in [1.82, 2.24) is 25.3 Å². The van der Waals surface area contributed by atoms with Crippen LogP contribution in [-0.2, 0) is 14.3 Å². The zero-order chi connectivity index (χ0) is 28.3. The Bertz CT molecular complexity index is 899. The number of nitriles is 1. The van der Waals surface area contributed by atoms with Crippen LogP contribution in [0, 0.1) is 17.2 Å². The molecule has 3 rings (SSSR count). The summed E-state index contributed by atoms with van der Waals surface area (Å²) in [5.41, 5.74) is -0.927. The van der Waals surface area contributed by atoms with Gasteiger partial charge >= 0.3 is 12.2 Å². The van der Waals surface area contributed by atoms with Gasteiger partial charge in [0.15, 0.2) is 0 Å². The molecule has 2 heterocycles. The van der Waals surface area contributed by atoms with Crippen molar-refractivity contribution < 1.29 is 23.9 Å². The minimum atomic E-state index is -0.927. The molecule has 1 atom stereocenters. The lowest BCUT2D eigenvalue weighted by atomic mass is 9.84. The van der Waals surface area contributed by atoms with E-state index in [0.717, 1.165) is 38.8 Å². The average Bonchev–Trinajstić information content (AvgIpc) is 2.94. The predicted molar refractivity (Wildman–Crippen MR) is 146 cm³/mol. The summed E-state index contributed by atoms with van der Waals surface area (Å²) in [6.45, 7) is 7.05. The molecular weight excluding hydrogens is 502 g/mol. The third-order valence-corrected chi connectivity index (χ3v) is 7.87. The second-order valence-electron chi connectivity index (χ2n) is 10.7.